The molecule has 31 heavy (non-hydrogen) atoms. The summed E-state index contributed by atoms with van der Waals surface area (Å²) < 4.78 is 1.86. The van der Waals surface area contributed by atoms with Gasteiger partial charge in [-0.05, 0) is 59.6 Å². The lowest BCUT2D eigenvalue weighted by Gasteiger charge is -2.37. The first kappa shape index (κ1) is 21.5. The Bertz CT molecular complexity index is 1160. The second kappa shape index (κ2) is 8.07. The van der Waals surface area contributed by atoms with Crippen LogP contribution in [0.4, 0.5) is 0 Å². The molecule has 0 aromatic carbocycles. The molecule has 1 fully saturated rings. The van der Waals surface area contributed by atoms with Crippen LogP contribution in [0.5, 0.6) is 0 Å². The lowest BCUT2D eigenvalue weighted by atomic mass is 9.92. The number of fused-ring (bicyclic) bond motifs is 1. The van der Waals surface area contributed by atoms with E-state index in [1.165, 1.54) is 9.75 Å². The molecule has 2 atom stereocenters. The third kappa shape index (κ3) is 3.84. The maximum Gasteiger partial charge on any atom is 0.255 e. The summed E-state index contributed by atoms with van der Waals surface area (Å²) in [7, 11) is 0. The Hall–Kier alpha value is -2.74. The first-order valence-corrected chi connectivity index (χ1v) is 11.5. The summed E-state index contributed by atoms with van der Waals surface area (Å²) in [5.74, 6) is -0.751. The Morgan fingerprint density at radius 2 is 1.97 bits per heavy atom. The fourth-order valence-corrected chi connectivity index (χ4v) is 5.31. The molecule has 2 amide bonds. The number of rotatable bonds is 4. The van der Waals surface area contributed by atoms with E-state index in [2.05, 4.69) is 25.0 Å². The number of likely N-dealkylation sites (tertiary alicyclic amines) is 1. The summed E-state index contributed by atoms with van der Waals surface area (Å²) in [6, 6.07) is 4.15. The van der Waals surface area contributed by atoms with Crippen molar-refractivity contribution >= 4 is 34.2 Å². The van der Waals surface area contributed by atoms with Crippen molar-refractivity contribution in [2.45, 2.75) is 59.5 Å². The van der Waals surface area contributed by atoms with Crippen LogP contribution in [0.3, 0.4) is 0 Å². The van der Waals surface area contributed by atoms with Crippen molar-refractivity contribution in [2.24, 2.45) is 11.7 Å². The van der Waals surface area contributed by atoms with Crippen LogP contribution in [0, 0.1) is 19.8 Å². The number of hydrogen-bond acceptors (Lipinski definition) is 5. The third-order valence-electron chi connectivity index (χ3n) is 6.15. The number of carbonyl (C=O) groups excluding carboxylic acids is 2. The number of amides is 2. The van der Waals surface area contributed by atoms with E-state index in [-0.39, 0.29) is 29.8 Å². The first-order chi connectivity index (χ1) is 14.7. The SMILES string of the molecule is Cc1cc(-c2cc(C(=O)N3C[C@@H](C(N)=O)CC[C@@H]3C)c3cnn(C(C)C)c3n2)c(C)s1. The van der Waals surface area contributed by atoms with Crippen molar-refractivity contribution in [3.8, 4) is 11.3 Å². The van der Waals surface area contributed by atoms with Crippen LogP contribution >= 0.6 is 11.3 Å². The lowest BCUT2D eigenvalue weighted by Crippen LogP contribution is -2.48. The molecule has 4 rings (SSSR count). The van der Waals surface area contributed by atoms with Crippen LogP contribution in [0.25, 0.3) is 22.3 Å². The number of nitrogens with two attached hydrogens (primary N) is 1. The van der Waals surface area contributed by atoms with Gasteiger partial charge in [-0.2, -0.15) is 5.10 Å². The average Bonchev–Trinajstić information content (AvgIpc) is 3.29. The Morgan fingerprint density at radius 1 is 1.23 bits per heavy atom. The predicted molar refractivity (Wildman–Crippen MR) is 123 cm³/mol. The molecule has 7 nitrogen and oxygen atoms in total. The minimum atomic E-state index is -0.345. The standard InChI is InChI=1S/C23H29N5O2S/c1-12(2)28-22-19(10-25-28)18(9-20(26-22)17-8-14(4)31-15(17)5)23(30)27-11-16(21(24)29)7-6-13(27)3/h8-10,12-13,16H,6-7,11H2,1-5H3,(H2,24,29)/t13-,16-/m0/s1. The highest BCUT2D eigenvalue weighted by Crippen LogP contribution is 2.34. The van der Waals surface area contributed by atoms with E-state index in [0.29, 0.717) is 17.8 Å². The summed E-state index contributed by atoms with van der Waals surface area (Å²) in [6.07, 6.45) is 3.20. The van der Waals surface area contributed by atoms with Crippen LogP contribution in [0.1, 0.15) is 59.8 Å². The second-order valence-corrected chi connectivity index (χ2v) is 10.2. The summed E-state index contributed by atoms with van der Waals surface area (Å²) in [6.45, 7) is 10.6. The smallest absolute Gasteiger partial charge is 0.255 e. The van der Waals surface area contributed by atoms with Crippen molar-refractivity contribution < 1.29 is 9.59 Å². The number of aromatic nitrogens is 3. The van der Waals surface area contributed by atoms with Gasteiger partial charge < -0.3 is 10.6 Å². The molecule has 8 heteroatoms. The number of carbonyl (C=O) groups is 2. The normalized spacial score (nSPS) is 19.4. The van der Waals surface area contributed by atoms with E-state index in [1.54, 1.807) is 22.4 Å². The number of hydrogen-bond donors (Lipinski definition) is 1. The number of pyridine rings is 1. The fourth-order valence-electron chi connectivity index (χ4n) is 4.37. The Labute approximate surface area is 186 Å². The van der Waals surface area contributed by atoms with Crippen molar-refractivity contribution in [1.29, 1.82) is 0 Å². The second-order valence-electron chi connectivity index (χ2n) is 8.79. The molecule has 0 bridgehead atoms. The molecule has 1 aliphatic rings. The molecule has 1 saturated heterocycles. The highest BCUT2D eigenvalue weighted by atomic mass is 32.1. The molecule has 3 aromatic rings. The van der Waals surface area contributed by atoms with Crippen LogP contribution in [0.15, 0.2) is 18.3 Å². The molecular formula is C23H29N5O2S. The van der Waals surface area contributed by atoms with Gasteiger partial charge in [0.1, 0.15) is 0 Å². The summed E-state index contributed by atoms with van der Waals surface area (Å²) in [5, 5.41) is 5.26. The van der Waals surface area contributed by atoms with Gasteiger partial charge in [-0.3, -0.25) is 9.59 Å². The van der Waals surface area contributed by atoms with E-state index in [9.17, 15) is 9.59 Å². The monoisotopic (exact) mass is 439 g/mol. The van der Waals surface area contributed by atoms with Gasteiger partial charge in [0.2, 0.25) is 5.91 Å². The average molecular weight is 440 g/mol. The van der Waals surface area contributed by atoms with E-state index in [0.717, 1.165) is 29.5 Å². The number of piperidine rings is 1. The highest BCUT2D eigenvalue weighted by molar-refractivity contribution is 7.12. The third-order valence-corrected chi connectivity index (χ3v) is 7.11. The molecular weight excluding hydrogens is 410 g/mol. The van der Waals surface area contributed by atoms with Crippen molar-refractivity contribution in [1.82, 2.24) is 19.7 Å². The van der Waals surface area contributed by atoms with E-state index in [1.807, 2.05) is 31.5 Å². The fraction of sp³-hybridized carbons (Fsp3) is 0.478. The van der Waals surface area contributed by atoms with Crippen LogP contribution in [-0.4, -0.2) is 44.1 Å². The largest absolute Gasteiger partial charge is 0.369 e. The van der Waals surface area contributed by atoms with Gasteiger partial charge in [0.25, 0.3) is 5.91 Å². The molecule has 1 aliphatic heterocycles. The summed E-state index contributed by atoms with van der Waals surface area (Å²) >= 11 is 1.72. The van der Waals surface area contributed by atoms with Gasteiger partial charge in [-0.25, -0.2) is 9.67 Å². The Morgan fingerprint density at radius 3 is 2.58 bits per heavy atom. The number of aryl methyl sites for hydroxylation is 2. The Balaban J connectivity index is 1.87. The van der Waals surface area contributed by atoms with Gasteiger partial charge in [0.05, 0.1) is 28.8 Å². The van der Waals surface area contributed by atoms with E-state index in [4.69, 9.17) is 10.7 Å². The molecule has 4 heterocycles. The molecule has 0 radical (unpaired) electrons. The number of nitrogens with zero attached hydrogens (tertiary/aromatic N) is 4. The summed E-state index contributed by atoms with van der Waals surface area (Å²) in [5.41, 5.74) is 8.65. The van der Waals surface area contributed by atoms with Gasteiger partial charge in [0, 0.05) is 33.9 Å². The van der Waals surface area contributed by atoms with Gasteiger partial charge in [-0.15, -0.1) is 11.3 Å². The van der Waals surface area contributed by atoms with Gasteiger partial charge in [0.15, 0.2) is 5.65 Å². The van der Waals surface area contributed by atoms with Crippen molar-refractivity contribution in [3.05, 3.63) is 33.6 Å². The topological polar surface area (TPSA) is 94.1 Å². The van der Waals surface area contributed by atoms with Gasteiger partial charge in [-0.1, -0.05) is 0 Å². The molecule has 2 N–H and O–H groups in total. The molecule has 164 valence electrons. The lowest BCUT2D eigenvalue weighted by molar-refractivity contribution is -0.123. The zero-order chi connectivity index (χ0) is 22.4. The number of primary amides is 1. The molecule has 0 aliphatic carbocycles. The molecule has 3 aromatic heterocycles. The van der Waals surface area contributed by atoms with Crippen LogP contribution in [0.2, 0.25) is 0 Å². The number of thiophene rings is 1. The quantitative estimate of drug-likeness (QED) is 0.663. The molecule has 0 unspecified atom stereocenters. The Kier molecular flexibility index (Phi) is 5.60. The van der Waals surface area contributed by atoms with Gasteiger partial charge >= 0.3 is 0 Å². The maximum absolute atomic E-state index is 13.8. The minimum absolute atomic E-state index is 0.0417. The van der Waals surface area contributed by atoms with Crippen LogP contribution in [-0.2, 0) is 4.79 Å². The van der Waals surface area contributed by atoms with E-state index < -0.39 is 0 Å². The van der Waals surface area contributed by atoms with Crippen LogP contribution < -0.4 is 5.73 Å². The van der Waals surface area contributed by atoms with Crippen molar-refractivity contribution in [3.63, 3.8) is 0 Å². The zero-order valence-electron chi connectivity index (χ0n) is 18.7. The minimum Gasteiger partial charge on any atom is -0.369 e. The predicted octanol–water partition coefficient (Wildman–Crippen LogP) is 4.08. The zero-order valence-corrected chi connectivity index (χ0v) is 19.5. The first-order valence-electron chi connectivity index (χ1n) is 10.7. The highest BCUT2D eigenvalue weighted by Gasteiger charge is 2.33. The summed E-state index contributed by atoms with van der Waals surface area (Å²) in [4.78, 5) is 34.6. The van der Waals surface area contributed by atoms with Crippen molar-refractivity contribution in [2.75, 3.05) is 6.54 Å². The van der Waals surface area contributed by atoms with E-state index >= 15 is 0 Å². The molecule has 0 spiro atoms. The maximum atomic E-state index is 13.8. The molecule has 0 saturated carbocycles.